The van der Waals surface area contributed by atoms with E-state index < -0.39 is 11.8 Å². The molecule has 4 fully saturated rings. The fourth-order valence-electron chi connectivity index (χ4n) is 5.83. The number of H-pyrrole nitrogens is 1. The highest BCUT2D eigenvalue weighted by atomic mass is 19.3. The molecular weight excluding hydrogens is 482 g/mol. The number of alkyl halides is 2. The zero-order valence-electron chi connectivity index (χ0n) is 20.7. The van der Waals surface area contributed by atoms with E-state index in [1.165, 1.54) is 0 Å². The van der Waals surface area contributed by atoms with Crippen molar-refractivity contribution in [3.63, 3.8) is 0 Å². The molecule has 2 saturated heterocycles. The van der Waals surface area contributed by atoms with Gasteiger partial charge in [-0.05, 0) is 38.2 Å². The number of carbonyl (C=O) groups is 1. The molecule has 2 aliphatic carbocycles. The second-order valence-corrected chi connectivity index (χ2v) is 10.9. The monoisotopic (exact) mass is 512 g/mol. The van der Waals surface area contributed by atoms with Crippen molar-refractivity contribution in [3.8, 4) is 11.4 Å². The Kier molecular flexibility index (Phi) is 5.01. The maximum Gasteiger partial charge on any atom is 0.322 e. The largest absolute Gasteiger partial charge is 0.378 e. The number of urea groups is 1. The summed E-state index contributed by atoms with van der Waals surface area (Å²) < 4.78 is 34.6. The van der Waals surface area contributed by atoms with E-state index in [1.807, 2.05) is 11.0 Å². The number of anilines is 2. The van der Waals surface area contributed by atoms with Crippen LogP contribution in [0.5, 0.6) is 0 Å². The van der Waals surface area contributed by atoms with Crippen molar-refractivity contribution in [2.45, 2.75) is 62.6 Å². The normalized spacial score (nSPS) is 23.9. The molecule has 37 heavy (non-hydrogen) atoms. The fraction of sp³-hybridized carbons (Fsp3) is 0.600. The number of methoxy groups -OCH3 is 1. The zero-order valence-corrected chi connectivity index (χ0v) is 20.7. The van der Waals surface area contributed by atoms with Gasteiger partial charge >= 0.3 is 6.03 Å². The zero-order chi connectivity index (χ0) is 25.4. The Morgan fingerprint density at radius 2 is 2.05 bits per heavy atom. The Hall–Kier alpha value is -3.28. The van der Waals surface area contributed by atoms with E-state index in [0.717, 1.165) is 55.4 Å². The van der Waals surface area contributed by atoms with E-state index in [-0.39, 0.29) is 30.6 Å². The number of nitrogens with one attached hydrogen (secondary N) is 2. The highest BCUT2D eigenvalue weighted by Crippen LogP contribution is 2.50. The smallest absolute Gasteiger partial charge is 0.322 e. The number of aromatic nitrogens is 5. The molecule has 1 unspecified atom stereocenters. The van der Waals surface area contributed by atoms with Gasteiger partial charge in [-0.1, -0.05) is 0 Å². The molecule has 196 valence electrons. The van der Waals surface area contributed by atoms with Gasteiger partial charge in [0.2, 0.25) is 0 Å². The van der Waals surface area contributed by atoms with Crippen molar-refractivity contribution < 1.29 is 18.3 Å². The van der Waals surface area contributed by atoms with Crippen molar-refractivity contribution in [1.82, 2.24) is 29.9 Å². The molecular formula is C25H30F2N8O2. The Balaban J connectivity index is 1.19. The Labute approximate surface area is 212 Å². The number of aromatic amines is 1. The average molecular weight is 513 g/mol. The highest BCUT2D eigenvalue weighted by molar-refractivity contribution is 5.96. The Morgan fingerprint density at radius 3 is 2.78 bits per heavy atom. The molecule has 0 radical (unpaired) electrons. The minimum atomic E-state index is -2.64. The molecule has 1 atom stereocenters. The molecule has 5 heterocycles. The first-order valence-corrected chi connectivity index (χ1v) is 13.0. The Bertz CT molecular complexity index is 1360. The van der Waals surface area contributed by atoms with E-state index in [4.69, 9.17) is 9.84 Å². The third-order valence-electron chi connectivity index (χ3n) is 8.50. The number of rotatable bonds is 6. The standard InChI is InChI=1S/C25H30F2N8O2/c1-37-16-13-33(14-16)22-17-10-28-18(8-20(17)35(32-22)12-15-9-25(15,26)27)21-19(11-29-31-21)30-23(36)34-7-3-2-4-24(34)5-6-24/h8,10-11,15-16H,2-7,9,12-14H2,1H3,(H,29,31)(H,30,36). The third-order valence-corrected chi connectivity index (χ3v) is 8.50. The molecule has 0 aromatic carbocycles. The van der Waals surface area contributed by atoms with Crippen molar-refractivity contribution in [1.29, 1.82) is 0 Å². The van der Waals surface area contributed by atoms with Gasteiger partial charge in [-0.3, -0.25) is 14.8 Å². The number of nitrogens with zero attached hydrogens (tertiary/aromatic N) is 6. The fourth-order valence-corrected chi connectivity index (χ4v) is 5.83. The summed E-state index contributed by atoms with van der Waals surface area (Å²) in [6.45, 7) is 2.28. The molecule has 3 aromatic heterocycles. The van der Waals surface area contributed by atoms with Crippen LogP contribution in [0.25, 0.3) is 22.3 Å². The van der Waals surface area contributed by atoms with Gasteiger partial charge in [-0.2, -0.15) is 10.2 Å². The van der Waals surface area contributed by atoms with Crippen LogP contribution in [0, 0.1) is 5.92 Å². The first kappa shape index (κ1) is 22.9. The summed E-state index contributed by atoms with van der Waals surface area (Å²) in [5.41, 5.74) is 2.43. The van der Waals surface area contributed by atoms with Crippen LogP contribution in [0.1, 0.15) is 38.5 Å². The lowest BCUT2D eigenvalue weighted by molar-refractivity contribution is 0.0783. The predicted molar refractivity (Wildman–Crippen MR) is 133 cm³/mol. The quantitative estimate of drug-likeness (QED) is 0.520. The number of halogens is 2. The van der Waals surface area contributed by atoms with E-state index in [1.54, 1.807) is 24.2 Å². The van der Waals surface area contributed by atoms with Crippen LogP contribution < -0.4 is 10.2 Å². The molecule has 2 amide bonds. The summed E-state index contributed by atoms with van der Waals surface area (Å²) in [6.07, 6.45) is 8.68. The molecule has 1 spiro atoms. The van der Waals surface area contributed by atoms with E-state index >= 15 is 0 Å². The van der Waals surface area contributed by atoms with Crippen LogP contribution in [0.4, 0.5) is 25.1 Å². The van der Waals surface area contributed by atoms with Crippen molar-refractivity contribution in [3.05, 3.63) is 18.5 Å². The number of amides is 2. The van der Waals surface area contributed by atoms with Gasteiger partial charge in [0.05, 0.1) is 41.1 Å². The number of piperidine rings is 1. The van der Waals surface area contributed by atoms with Crippen molar-refractivity contribution >= 4 is 28.4 Å². The number of hydrogen-bond donors (Lipinski definition) is 2. The number of pyridine rings is 1. The summed E-state index contributed by atoms with van der Waals surface area (Å²) >= 11 is 0. The molecule has 4 aliphatic rings. The van der Waals surface area contributed by atoms with Gasteiger partial charge < -0.3 is 19.9 Å². The first-order chi connectivity index (χ1) is 17.9. The van der Waals surface area contributed by atoms with Crippen LogP contribution in [-0.2, 0) is 11.3 Å². The molecule has 3 aromatic rings. The van der Waals surface area contributed by atoms with Gasteiger partial charge in [0.25, 0.3) is 5.92 Å². The Morgan fingerprint density at radius 1 is 1.24 bits per heavy atom. The minimum Gasteiger partial charge on any atom is -0.378 e. The molecule has 2 aliphatic heterocycles. The molecule has 10 nitrogen and oxygen atoms in total. The van der Waals surface area contributed by atoms with Crippen LogP contribution in [0.2, 0.25) is 0 Å². The molecule has 7 rings (SSSR count). The van der Waals surface area contributed by atoms with Gasteiger partial charge in [0.1, 0.15) is 5.69 Å². The maximum absolute atomic E-state index is 13.8. The van der Waals surface area contributed by atoms with Crippen LogP contribution in [0.3, 0.4) is 0 Å². The van der Waals surface area contributed by atoms with Gasteiger partial charge in [0, 0.05) is 50.8 Å². The van der Waals surface area contributed by atoms with Crippen molar-refractivity contribution in [2.24, 2.45) is 5.92 Å². The van der Waals surface area contributed by atoms with E-state index in [0.29, 0.717) is 30.2 Å². The summed E-state index contributed by atoms with van der Waals surface area (Å²) in [7, 11) is 1.68. The van der Waals surface area contributed by atoms with Gasteiger partial charge in [0.15, 0.2) is 5.82 Å². The van der Waals surface area contributed by atoms with Crippen molar-refractivity contribution in [2.75, 3.05) is 37.0 Å². The van der Waals surface area contributed by atoms with Gasteiger partial charge in [-0.25, -0.2) is 13.6 Å². The second kappa shape index (κ2) is 8.11. The summed E-state index contributed by atoms with van der Waals surface area (Å²) in [5, 5.41) is 15.7. The predicted octanol–water partition coefficient (Wildman–Crippen LogP) is 3.86. The molecule has 2 saturated carbocycles. The second-order valence-electron chi connectivity index (χ2n) is 10.9. The maximum atomic E-state index is 13.8. The number of likely N-dealkylation sites (tertiary alicyclic amines) is 1. The lowest BCUT2D eigenvalue weighted by atomic mass is 10.0. The number of hydrogen-bond acceptors (Lipinski definition) is 6. The summed E-state index contributed by atoms with van der Waals surface area (Å²) in [6, 6.07) is 1.72. The number of ether oxygens (including phenoxy) is 1. The SMILES string of the molecule is COC1CN(c2nn(CC3CC3(F)F)c3cc(-c4[nH]ncc4NC(=O)N4CCCCC45CC5)ncc23)C1. The topological polar surface area (TPSA) is 104 Å². The summed E-state index contributed by atoms with van der Waals surface area (Å²) in [4.78, 5) is 21.9. The number of carbonyl (C=O) groups excluding carboxylic acids is 1. The molecule has 2 N–H and O–H groups in total. The minimum absolute atomic E-state index is 0.0237. The number of fused-ring (bicyclic) bond motifs is 1. The van der Waals surface area contributed by atoms with E-state index in [9.17, 15) is 13.6 Å². The van der Waals surface area contributed by atoms with Gasteiger partial charge in [-0.15, -0.1) is 0 Å². The highest BCUT2D eigenvalue weighted by Gasteiger charge is 2.57. The van der Waals surface area contributed by atoms with Crippen LogP contribution in [0.15, 0.2) is 18.5 Å². The molecule has 12 heteroatoms. The molecule has 0 bridgehead atoms. The van der Waals surface area contributed by atoms with Crippen LogP contribution >= 0.6 is 0 Å². The lowest BCUT2D eigenvalue weighted by Crippen LogP contribution is -2.52. The van der Waals surface area contributed by atoms with E-state index in [2.05, 4.69) is 25.4 Å². The van der Waals surface area contributed by atoms with Crippen LogP contribution in [-0.4, -0.2) is 80.2 Å². The first-order valence-electron chi connectivity index (χ1n) is 13.0. The summed E-state index contributed by atoms with van der Waals surface area (Å²) in [5.74, 6) is -2.63. The lowest BCUT2D eigenvalue weighted by Gasteiger charge is -2.38. The third kappa shape index (κ3) is 3.84. The average Bonchev–Trinajstić information content (AvgIpc) is 3.61.